The summed E-state index contributed by atoms with van der Waals surface area (Å²) >= 11 is 0. The molecule has 0 aliphatic carbocycles. The lowest BCUT2D eigenvalue weighted by atomic mass is 9.81. The van der Waals surface area contributed by atoms with Gasteiger partial charge in [-0.05, 0) is 12.5 Å². The van der Waals surface area contributed by atoms with Crippen molar-refractivity contribution in [3.63, 3.8) is 0 Å². The van der Waals surface area contributed by atoms with Crippen molar-refractivity contribution in [2.75, 3.05) is 0 Å². The van der Waals surface area contributed by atoms with Gasteiger partial charge in [0.05, 0.1) is 6.42 Å². The molecule has 0 radical (unpaired) electrons. The highest BCUT2D eigenvalue weighted by Crippen LogP contribution is 2.42. The molecule has 0 spiro atoms. The molecule has 116 valence electrons. The van der Waals surface area contributed by atoms with Crippen molar-refractivity contribution in [1.82, 2.24) is 0 Å². The number of hydrogen-bond donors (Lipinski definition) is 0. The number of rotatable bonds is 4. The molecule has 0 saturated carbocycles. The minimum Gasteiger partial charge on any atom is -0.481 e. The molecular formula is C21H20O2. The number of carbonyl (C=O) groups excluding carboxylic acids is 1. The SMILES string of the molecule is C=C(C)CC1(c2ccccc2)CC(=O)C=C(c2ccccc2)O1. The van der Waals surface area contributed by atoms with E-state index in [9.17, 15) is 4.79 Å². The van der Waals surface area contributed by atoms with Crippen LogP contribution in [0.4, 0.5) is 0 Å². The van der Waals surface area contributed by atoms with Gasteiger partial charge in [0, 0.05) is 18.1 Å². The Labute approximate surface area is 137 Å². The van der Waals surface area contributed by atoms with Gasteiger partial charge in [-0.2, -0.15) is 0 Å². The molecule has 1 aliphatic heterocycles. The first-order valence-corrected chi connectivity index (χ1v) is 7.78. The molecule has 2 heteroatoms. The van der Waals surface area contributed by atoms with E-state index in [1.807, 2.05) is 67.6 Å². The third-order valence-corrected chi connectivity index (χ3v) is 4.00. The van der Waals surface area contributed by atoms with Crippen molar-refractivity contribution in [3.8, 4) is 0 Å². The molecule has 0 N–H and O–H groups in total. The second kappa shape index (κ2) is 6.25. The van der Waals surface area contributed by atoms with Crippen LogP contribution in [-0.4, -0.2) is 5.78 Å². The van der Waals surface area contributed by atoms with Gasteiger partial charge < -0.3 is 4.74 Å². The lowest BCUT2D eigenvalue weighted by Crippen LogP contribution is -2.35. The Kier molecular flexibility index (Phi) is 4.16. The fourth-order valence-corrected chi connectivity index (χ4v) is 3.09. The number of ether oxygens (including phenoxy) is 1. The van der Waals surface area contributed by atoms with Gasteiger partial charge in [0.25, 0.3) is 0 Å². The second-order valence-electron chi connectivity index (χ2n) is 6.11. The van der Waals surface area contributed by atoms with Crippen molar-refractivity contribution in [2.45, 2.75) is 25.4 Å². The van der Waals surface area contributed by atoms with Gasteiger partial charge in [0.1, 0.15) is 11.4 Å². The Bertz CT molecular complexity index is 744. The first-order valence-electron chi connectivity index (χ1n) is 7.78. The summed E-state index contributed by atoms with van der Waals surface area (Å²) in [5, 5.41) is 0. The Balaban J connectivity index is 2.06. The zero-order valence-electron chi connectivity index (χ0n) is 13.3. The van der Waals surface area contributed by atoms with E-state index in [1.165, 1.54) is 0 Å². The third-order valence-electron chi connectivity index (χ3n) is 4.00. The van der Waals surface area contributed by atoms with Crippen LogP contribution in [0, 0.1) is 0 Å². The van der Waals surface area contributed by atoms with E-state index in [0.717, 1.165) is 16.7 Å². The quantitative estimate of drug-likeness (QED) is 0.753. The van der Waals surface area contributed by atoms with Crippen LogP contribution in [0.15, 0.2) is 78.9 Å². The summed E-state index contributed by atoms with van der Waals surface area (Å²) in [5.41, 5.74) is 2.25. The summed E-state index contributed by atoms with van der Waals surface area (Å²) < 4.78 is 6.41. The molecule has 1 atom stereocenters. The highest BCUT2D eigenvalue weighted by molar-refractivity contribution is 5.97. The largest absolute Gasteiger partial charge is 0.481 e. The summed E-state index contributed by atoms with van der Waals surface area (Å²) in [6, 6.07) is 19.7. The maximum absolute atomic E-state index is 12.4. The zero-order chi connectivity index (χ0) is 16.3. The van der Waals surface area contributed by atoms with Crippen LogP contribution >= 0.6 is 0 Å². The van der Waals surface area contributed by atoms with Crippen molar-refractivity contribution < 1.29 is 9.53 Å². The fraction of sp³-hybridized carbons (Fsp3) is 0.190. The predicted octanol–water partition coefficient (Wildman–Crippen LogP) is 4.88. The summed E-state index contributed by atoms with van der Waals surface area (Å²) in [4.78, 5) is 12.4. The average molecular weight is 304 g/mol. The lowest BCUT2D eigenvalue weighted by molar-refractivity contribution is -0.121. The van der Waals surface area contributed by atoms with E-state index < -0.39 is 5.60 Å². The minimum absolute atomic E-state index is 0.0835. The maximum atomic E-state index is 12.4. The van der Waals surface area contributed by atoms with Crippen molar-refractivity contribution in [2.24, 2.45) is 0 Å². The first-order chi connectivity index (χ1) is 11.1. The first kappa shape index (κ1) is 15.3. The van der Waals surface area contributed by atoms with Crippen LogP contribution in [0.5, 0.6) is 0 Å². The Morgan fingerprint density at radius 1 is 1.09 bits per heavy atom. The molecule has 0 bridgehead atoms. The molecule has 1 aliphatic rings. The van der Waals surface area contributed by atoms with Crippen LogP contribution in [-0.2, 0) is 15.1 Å². The molecule has 1 unspecified atom stereocenters. The van der Waals surface area contributed by atoms with Gasteiger partial charge in [-0.1, -0.05) is 72.8 Å². The molecule has 0 saturated heterocycles. The van der Waals surface area contributed by atoms with Crippen LogP contribution in [0.2, 0.25) is 0 Å². The van der Waals surface area contributed by atoms with Gasteiger partial charge in [0.2, 0.25) is 0 Å². The molecule has 2 nitrogen and oxygen atoms in total. The van der Waals surface area contributed by atoms with E-state index in [4.69, 9.17) is 4.74 Å². The highest BCUT2D eigenvalue weighted by atomic mass is 16.5. The Morgan fingerprint density at radius 3 is 2.30 bits per heavy atom. The minimum atomic E-state index is -0.676. The molecule has 23 heavy (non-hydrogen) atoms. The van der Waals surface area contributed by atoms with E-state index in [0.29, 0.717) is 18.6 Å². The topological polar surface area (TPSA) is 26.3 Å². The molecule has 2 aromatic carbocycles. The Morgan fingerprint density at radius 2 is 1.70 bits per heavy atom. The molecular weight excluding hydrogens is 284 g/mol. The van der Waals surface area contributed by atoms with Gasteiger partial charge in [-0.25, -0.2) is 0 Å². The molecule has 0 amide bonds. The number of allylic oxidation sites excluding steroid dienone is 1. The van der Waals surface area contributed by atoms with Gasteiger partial charge in [0.15, 0.2) is 5.78 Å². The fourth-order valence-electron chi connectivity index (χ4n) is 3.09. The lowest BCUT2D eigenvalue weighted by Gasteiger charge is -2.38. The van der Waals surface area contributed by atoms with E-state index in [-0.39, 0.29) is 5.78 Å². The second-order valence-corrected chi connectivity index (χ2v) is 6.11. The third kappa shape index (κ3) is 3.26. The van der Waals surface area contributed by atoms with Crippen LogP contribution in [0.25, 0.3) is 5.76 Å². The van der Waals surface area contributed by atoms with E-state index >= 15 is 0 Å². The number of ketones is 1. The maximum Gasteiger partial charge on any atom is 0.163 e. The summed E-state index contributed by atoms with van der Waals surface area (Å²) in [6.45, 7) is 6.00. The normalized spacial score (nSPS) is 20.6. The number of benzene rings is 2. The van der Waals surface area contributed by atoms with E-state index in [2.05, 4.69) is 6.58 Å². The summed E-state index contributed by atoms with van der Waals surface area (Å²) in [5.74, 6) is 0.715. The van der Waals surface area contributed by atoms with Crippen LogP contribution in [0.1, 0.15) is 30.9 Å². The molecule has 0 fully saturated rings. The molecule has 3 rings (SSSR count). The Hall–Kier alpha value is -2.61. The zero-order valence-corrected chi connectivity index (χ0v) is 13.3. The highest BCUT2D eigenvalue weighted by Gasteiger charge is 2.40. The summed E-state index contributed by atoms with van der Waals surface area (Å²) in [7, 11) is 0. The summed E-state index contributed by atoms with van der Waals surface area (Å²) in [6.07, 6.45) is 2.56. The van der Waals surface area contributed by atoms with E-state index in [1.54, 1.807) is 6.08 Å². The number of hydrogen-bond acceptors (Lipinski definition) is 2. The standard InChI is InChI=1S/C21H20O2/c1-16(2)14-21(18-11-7-4-8-12-18)15-19(22)13-20(23-21)17-9-5-3-6-10-17/h3-13H,1,14-15H2,2H3. The molecule has 0 aromatic heterocycles. The molecule has 1 heterocycles. The average Bonchev–Trinajstić information content (AvgIpc) is 2.55. The predicted molar refractivity (Wildman–Crippen MR) is 92.7 cm³/mol. The van der Waals surface area contributed by atoms with Crippen LogP contribution in [0.3, 0.4) is 0 Å². The van der Waals surface area contributed by atoms with Gasteiger partial charge >= 0.3 is 0 Å². The smallest absolute Gasteiger partial charge is 0.163 e. The van der Waals surface area contributed by atoms with Crippen LogP contribution < -0.4 is 0 Å². The van der Waals surface area contributed by atoms with Crippen molar-refractivity contribution in [3.05, 3.63) is 90.0 Å². The van der Waals surface area contributed by atoms with Gasteiger partial charge in [-0.15, -0.1) is 0 Å². The number of carbonyl (C=O) groups is 1. The molecule has 2 aromatic rings. The van der Waals surface area contributed by atoms with Crippen molar-refractivity contribution >= 4 is 11.5 Å². The monoisotopic (exact) mass is 304 g/mol. The van der Waals surface area contributed by atoms with Crippen molar-refractivity contribution in [1.29, 1.82) is 0 Å². The van der Waals surface area contributed by atoms with Gasteiger partial charge in [-0.3, -0.25) is 4.79 Å².